The number of para-hydroxylation sites is 1. The molecule has 0 fully saturated rings. The Morgan fingerprint density at radius 3 is 3.04 bits per heavy atom. The lowest BCUT2D eigenvalue weighted by atomic mass is 10.1. The number of benzene rings is 1. The number of carbonyl (C=O) groups is 1. The van der Waals surface area contributed by atoms with Gasteiger partial charge in [0.25, 0.3) is 5.91 Å². The van der Waals surface area contributed by atoms with Crippen LogP contribution in [0.3, 0.4) is 0 Å². The van der Waals surface area contributed by atoms with Crippen LogP contribution in [0.1, 0.15) is 47.2 Å². The molecule has 1 atom stereocenters. The van der Waals surface area contributed by atoms with E-state index in [-0.39, 0.29) is 11.9 Å². The maximum Gasteiger partial charge on any atom is 0.287 e. The molecule has 0 saturated carbocycles. The van der Waals surface area contributed by atoms with E-state index in [1.807, 2.05) is 32.0 Å². The Kier molecular flexibility index (Phi) is 3.71. The normalized spacial score (nSPS) is 14.5. The Morgan fingerprint density at radius 1 is 1.40 bits per heavy atom. The number of aromatic nitrogens is 3. The topological polar surface area (TPSA) is 82.2 Å². The van der Waals surface area contributed by atoms with Crippen LogP contribution in [0.25, 0.3) is 11.0 Å². The van der Waals surface area contributed by atoms with Crippen molar-refractivity contribution in [3.63, 3.8) is 0 Å². The molecule has 0 radical (unpaired) electrons. The minimum Gasteiger partial charge on any atom is -0.493 e. The third-order valence-corrected chi connectivity index (χ3v) is 4.73. The van der Waals surface area contributed by atoms with Crippen LogP contribution in [0.15, 0.2) is 22.6 Å². The minimum atomic E-state index is -0.265. The smallest absolute Gasteiger partial charge is 0.287 e. The Hall–Kier alpha value is -2.83. The third-order valence-electron chi connectivity index (χ3n) is 4.73. The van der Waals surface area contributed by atoms with E-state index in [2.05, 4.69) is 20.1 Å². The molecule has 1 aromatic carbocycles. The third kappa shape index (κ3) is 2.47. The zero-order valence-corrected chi connectivity index (χ0v) is 14.5. The van der Waals surface area contributed by atoms with Gasteiger partial charge in [-0.2, -0.15) is 0 Å². The van der Waals surface area contributed by atoms with Crippen LogP contribution >= 0.6 is 0 Å². The molecule has 25 heavy (non-hydrogen) atoms. The molecule has 3 heterocycles. The number of carbonyl (C=O) groups excluding carboxylic acids is 1. The molecule has 1 aliphatic rings. The number of nitrogens with one attached hydrogen (secondary N) is 1. The first-order valence-corrected chi connectivity index (χ1v) is 8.39. The summed E-state index contributed by atoms with van der Waals surface area (Å²) >= 11 is 0. The fourth-order valence-corrected chi connectivity index (χ4v) is 3.41. The van der Waals surface area contributed by atoms with E-state index in [1.54, 1.807) is 7.11 Å². The first kappa shape index (κ1) is 15.7. The fraction of sp³-hybridized carbons (Fsp3) is 0.389. The Labute approximate surface area is 145 Å². The second-order valence-corrected chi connectivity index (χ2v) is 6.32. The number of rotatable bonds is 4. The average Bonchev–Trinajstić information content (AvgIpc) is 3.29. The first-order chi connectivity index (χ1) is 12.1. The van der Waals surface area contributed by atoms with Crippen molar-refractivity contribution in [3.8, 4) is 5.75 Å². The monoisotopic (exact) mass is 340 g/mol. The molecular formula is C18H20N4O3. The molecule has 7 nitrogen and oxygen atoms in total. The van der Waals surface area contributed by atoms with Gasteiger partial charge in [0.15, 0.2) is 22.9 Å². The second kappa shape index (κ2) is 5.91. The van der Waals surface area contributed by atoms with Crippen LogP contribution in [-0.2, 0) is 13.0 Å². The highest BCUT2D eigenvalue weighted by Gasteiger charge is 2.25. The van der Waals surface area contributed by atoms with Gasteiger partial charge in [0, 0.05) is 23.9 Å². The van der Waals surface area contributed by atoms with Gasteiger partial charge in [-0.15, -0.1) is 10.2 Å². The number of aryl methyl sites for hydroxylation is 2. The molecule has 0 aliphatic carbocycles. The lowest BCUT2D eigenvalue weighted by Crippen LogP contribution is -2.28. The number of fused-ring (bicyclic) bond motifs is 2. The number of ether oxygens (including phenoxy) is 1. The largest absolute Gasteiger partial charge is 0.493 e. The highest BCUT2D eigenvalue weighted by molar-refractivity contribution is 6.00. The Bertz CT molecular complexity index is 957. The summed E-state index contributed by atoms with van der Waals surface area (Å²) in [6.07, 6.45) is 2.01. The zero-order chi connectivity index (χ0) is 17.6. The number of amides is 1. The van der Waals surface area contributed by atoms with Crippen molar-refractivity contribution >= 4 is 16.9 Å². The molecule has 1 amide bonds. The van der Waals surface area contributed by atoms with Crippen molar-refractivity contribution in [2.45, 2.75) is 39.3 Å². The van der Waals surface area contributed by atoms with Gasteiger partial charge in [0.05, 0.1) is 13.2 Å². The summed E-state index contributed by atoms with van der Waals surface area (Å²) in [5, 5.41) is 12.3. The molecule has 2 aromatic heterocycles. The van der Waals surface area contributed by atoms with Gasteiger partial charge in [-0.3, -0.25) is 4.79 Å². The summed E-state index contributed by atoms with van der Waals surface area (Å²) in [4.78, 5) is 12.7. The van der Waals surface area contributed by atoms with E-state index in [0.717, 1.165) is 42.0 Å². The summed E-state index contributed by atoms with van der Waals surface area (Å²) in [5.41, 5.74) is 1.38. The quantitative estimate of drug-likeness (QED) is 0.790. The molecule has 1 aliphatic heterocycles. The number of nitrogens with zero attached hydrogens (tertiary/aromatic N) is 3. The summed E-state index contributed by atoms with van der Waals surface area (Å²) in [7, 11) is 1.58. The van der Waals surface area contributed by atoms with Crippen molar-refractivity contribution in [1.82, 2.24) is 20.1 Å². The van der Waals surface area contributed by atoms with E-state index >= 15 is 0 Å². The molecule has 1 N–H and O–H groups in total. The standard InChI is InChI=1S/C18H20N4O3/c1-10-12-6-4-7-13(24-3)16(12)25-15(10)18(23)19-11(2)17-21-20-14-8-5-9-22(14)17/h4,6-7,11H,5,8-9H2,1-3H3,(H,19,23)/t11-/m0/s1. The summed E-state index contributed by atoms with van der Waals surface area (Å²) in [6.45, 7) is 4.68. The van der Waals surface area contributed by atoms with Gasteiger partial charge < -0.3 is 19.0 Å². The van der Waals surface area contributed by atoms with E-state index < -0.39 is 0 Å². The Balaban J connectivity index is 1.63. The number of hydrogen-bond acceptors (Lipinski definition) is 5. The van der Waals surface area contributed by atoms with Gasteiger partial charge in [-0.05, 0) is 26.3 Å². The predicted octanol–water partition coefficient (Wildman–Crippen LogP) is 2.78. The SMILES string of the molecule is COc1cccc2c(C)c(C(=O)N[C@@H](C)c3nnc4n3CCC4)oc12. The van der Waals surface area contributed by atoms with Crippen LogP contribution in [0.4, 0.5) is 0 Å². The lowest BCUT2D eigenvalue weighted by molar-refractivity contribution is 0.0910. The van der Waals surface area contributed by atoms with Crippen LogP contribution in [-0.4, -0.2) is 27.8 Å². The van der Waals surface area contributed by atoms with Crippen LogP contribution < -0.4 is 10.1 Å². The highest BCUT2D eigenvalue weighted by atomic mass is 16.5. The zero-order valence-electron chi connectivity index (χ0n) is 14.5. The van der Waals surface area contributed by atoms with Crippen LogP contribution in [0.5, 0.6) is 5.75 Å². The van der Waals surface area contributed by atoms with Gasteiger partial charge in [0.2, 0.25) is 0 Å². The van der Waals surface area contributed by atoms with Gasteiger partial charge in [-0.25, -0.2) is 0 Å². The molecule has 0 unspecified atom stereocenters. The maximum atomic E-state index is 12.7. The molecule has 130 valence electrons. The van der Waals surface area contributed by atoms with Crippen LogP contribution in [0, 0.1) is 6.92 Å². The maximum absolute atomic E-state index is 12.7. The summed E-state index contributed by atoms with van der Waals surface area (Å²) in [6, 6.07) is 5.37. The predicted molar refractivity (Wildman–Crippen MR) is 91.7 cm³/mol. The number of hydrogen-bond donors (Lipinski definition) is 1. The number of furan rings is 1. The van der Waals surface area contributed by atoms with E-state index in [4.69, 9.17) is 9.15 Å². The van der Waals surface area contributed by atoms with Crippen molar-refractivity contribution < 1.29 is 13.9 Å². The van der Waals surface area contributed by atoms with E-state index in [9.17, 15) is 4.79 Å². The average molecular weight is 340 g/mol. The molecule has 0 saturated heterocycles. The minimum absolute atomic E-state index is 0.249. The number of methoxy groups -OCH3 is 1. The summed E-state index contributed by atoms with van der Waals surface area (Å²) in [5.74, 6) is 2.42. The van der Waals surface area contributed by atoms with Crippen molar-refractivity contribution in [2.24, 2.45) is 0 Å². The lowest BCUT2D eigenvalue weighted by Gasteiger charge is -2.13. The molecule has 7 heteroatoms. The fourth-order valence-electron chi connectivity index (χ4n) is 3.41. The van der Waals surface area contributed by atoms with Gasteiger partial charge in [0.1, 0.15) is 5.82 Å². The van der Waals surface area contributed by atoms with Crippen LogP contribution in [0.2, 0.25) is 0 Å². The molecule has 0 spiro atoms. The Morgan fingerprint density at radius 2 is 2.24 bits per heavy atom. The van der Waals surface area contributed by atoms with Crippen molar-refractivity contribution in [1.29, 1.82) is 0 Å². The van der Waals surface area contributed by atoms with Gasteiger partial charge in [-0.1, -0.05) is 12.1 Å². The molecular weight excluding hydrogens is 320 g/mol. The van der Waals surface area contributed by atoms with E-state index in [0.29, 0.717) is 17.1 Å². The molecule has 0 bridgehead atoms. The van der Waals surface area contributed by atoms with Gasteiger partial charge >= 0.3 is 0 Å². The van der Waals surface area contributed by atoms with Crippen molar-refractivity contribution in [2.75, 3.05) is 7.11 Å². The first-order valence-electron chi connectivity index (χ1n) is 8.39. The molecule has 4 rings (SSSR count). The van der Waals surface area contributed by atoms with E-state index in [1.165, 1.54) is 0 Å². The highest BCUT2D eigenvalue weighted by Crippen LogP contribution is 2.32. The summed E-state index contributed by atoms with van der Waals surface area (Å²) < 4.78 is 13.2. The molecule has 3 aromatic rings. The van der Waals surface area contributed by atoms with Crippen molar-refractivity contribution in [3.05, 3.63) is 41.2 Å². The second-order valence-electron chi connectivity index (χ2n) is 6.32.